The Morgan fingerprint density at radius 1 is 1.21 bits per heavy atom. The second-order valence-corrected chi connectivity index (χ2v) is 6.00. The molecule has 0 aromatic heterocycles. The molecule has 2 N–H and O–H groups in total. The van der Waals surface area contributed by atoms with E-state index in [0.717, 1.165) is 37.0 Å². The number of nitrogens with two attached hydrogens (primary N) is 1. The number of ether oxygens (including phenoxy) is 1. The first kappa shape index (κ1) is 12.9. The molecule has 2 nitrogen and oxygen atoms in total. The molecule has 0 unspecified atom stereocenters. The summed E-state index contributed by atoms with van der Waals surface area (Å²) in [5.41, 5.74) is 6.95. The van der Waals surface area contributed by atoms with Crippen LogP contribution in [-0.4, -0.2) is 12.6 Å². The van der Waals surface area contributed by atoms with Crippen molar-refractivity contribution in [1.29, 1.82) is 0 Å². The Labute approximate surface area is 114 Å². The third-order valence-corrected chi connectivity index (χ3v) is 4.81. The van der Waals surface area contributed by atoms with Crippen molar-refractivity contribution in [2.24, 2.45) is 5.73 Å². The molecule has 0 heterocycles. The van der Waals surface area contributed by atoms with E-state index in [9.17, 15) is 4.39 Å². The minimum atomic E-state index is -0.185. The lowest BCUT2D eigenvalue weighted by molar-refractivity contribution is 0.117. The van der Waals surface area contributed by atoms with E-state index >= 15 is 0 Å². The Bertz CT molecular complexity index is 450. The van der Waals surface area contributed by atoms with E-state index in [1.54, 1.807) is 12.1 Å². The molecule has 0 radical (unpaired) electrons. The molecule has 2 fully saturated rings. The lowest BCUT2D eigenvalue weighted by Gasteiger charge is -2.33. The Morgan fingerprint density at radius 3 is 2.53 bits per heavy atom. The summed E-state index contributed by atoms with van der Waals surface area (Å²) in [5, 5.41) is 0. The summed E-state index contributed by atoms with van der Waals surface area (Å²) in [4.78, 5) is 0. The van der Waals surface area contributed by atoms with Crippen molar-refractivity contribution in [2.75, 3.05) is 6.54 Å². The first-order valence-corrected chi connectivity index (χ1v) is 7.40. The van der Waals surface area contributed by atoms with Crippen LogP contribution in [-0.2, 0) is 5.41 Å². The van der Waals surface area contributed by atoms with Crippen molar-refractivity contribution in [2.45, 2.75) is 56.5 Å². The third-order valence-electron chi connectivity index (χ3n) is 4.81. The van der Waals surface area contributed by atoms with Gasteiger partial charge in [-0.25, -0.2) is 4.39 Å². The number of halogens is 1. The fourth-order valence-electron chi connectivity index (χ4n) is 3.32. The maximum absolute atomic E-state index is 13.6. The van der Waals surface area contributed by atoms with E-state index in [0.29, 0.717) is 12.6 Å². The van der Waals surface area contributed by atoms with E-state index < -0.39 is 0 Å². The number of hydrogen-bond donors (Lipinski definition) is 1. The molecule has 1 aromatic carbocycles. The van der Waals surface area contributed by atoms with Crippen LogP contribution in [0.25, 0.3) is 0 Å². The van der Waals surface area contributed by atoms with Crippen LogP contribution in [0.3, 0.4) is 0 Å². The van der Waals surface area contributed by atoms with Gasteiger partial charge in [-0.05, 0) is 50.3 Å². The Balaban J connectivity index is 1.94. The lowest BCUT2D eigenvalue weighted by atomic mass is 9.78. The molecule has 2 aliphatic carbocycles. The molecule has 0 spiro atoms. The predicted molar refractivity (Wildman–Crippen MR) is 73.9 cm³/mol. The van der Waals surface area contributed by atoms with Gasteiger partial charge in [-0.15, -0.1) is 0 Å². The molecule has 3 heteroatoms. The van der Waals surface area contributed by atoms with Crippen LogP contribution in [0.1, 0.15) is 50.5 Å². The summed E-state index contributed by atoms with van der Waals surface area (Å²) >= 11 is 0. The van der Waals surface area contributed by atoms with Crippen molar-refractivity contribution in [1.82, 2.24) is 0 Å². The SMILES string of the molecule is NCC1(c2cc(F)ccc2OC2CCC2)CCCC1. The van der Waals surface area contributed by atoms with Gasteiger partial charge in [0.15, 0.2) is 0 Å². The first-order valence-electron chi connectivity index (χ1n) is 7.40. The second kappa shape index (κ2) is 5.12. The zero-order valence-electron chi connectivity index (χ0n) is 11.3. The van der Waals surface area contributed by atoms with Crippen LogP contribution in [0, 0.1) is 5.82 Å². The quantitative estimate of drug-likeness (QED) is 0.902. The number of rotatable bonds is 4. The molecule has 19 heavy (non-hydrogen) atoms. The summed E-state index contributed by atoms with van der Waals surface area (Å²) in [5.74, 6) is 0.675. The van der Waals surface area contributed by atoms with Crippen LogP contribution in [0.15, 0.2) is 18.2 Å². The molecule has 2 aliphatic rings. The van der Waals surface area contributed by atoms with Crippen LogP contribution in [0.5, 0.6) is 5.75 Å². The van der Waals surface area contributed by atoms with E-state index in [1.165, 1.54) is 25.3 Å². The highest BCUT2D eigenvalue weighted by Gasteiger charge is 2.37. The highest BCUT2D eigenvalue weighted by Crippen LogP contribution is 2.45. The highest BCUT2D eigenvalue weighted by atomic mass is 19.1. The normalized spacial score (nSPS) is 22.2. The maximum atomic E-state index is 13.6. The third kappa shape index (κ3) is 2.36. The van der Waals surface area contributed by atoms with Gasteiger partial charge >= 0.3 is 0 Å². The number of benzene rings is 1. The predicted octanol–water partition coefficient (Wildman–Crippen LogP) is 3.53. The van der Waals surface area contributed by atoms with Gasteiger partial charge in [0.25, 0.3) is 0 Å². The van der Waals surface area contributed by atoms with Crippen LogP contribution >= 0.6 is 0 Å². The van der Waals surface area contributed by atoms with Crippen molar-refractivity contribution in [3.63, 3.8) is 0 Å². The van der Waals surface area contributed by atoms with Crippen molar-refractivity contribution in [3.8, 4) is 5.75 Å². The van der Waals surface area contributed by atoms with Crippen LogP contribution in [0.4, 0.5) is 4.39 Å². The Kier molecular flexibility index (Phi) is 3.48. The smallest absolute Gasteiger partial charge is 0.123 e. The fourth-order valence-corrected chi connectivity index (χ4v) is 3.32. The van der Waals surface area contributed by atoms with Gasteiger partial charge in [-0.3, -0.25) is 0 Å². The van der Waals surface area contributed by atoms with Gasteiger partial charge in [0.2, 0.25) is 0 Å². The summed E-state index contributed by atoms with van der Waals surface area (Å²) in [6, 6.07) is 4.93. The molecule has 104 valence electrons. The first-order chi connectivity index (χ1) is 9.23. The number of hydrogen-bond acceptors (Lipinski definition) is 2. The maximum Gasteiger partial charge on any atom is 0.123 e. The topological polar surface area (TPSA) is 35.2 Å². The fraction of sp³-hybridized carbons (Fsp3) is 0.625. The van der Waals surface area contributed by atoms with E-state index in [1.807, 2.05) is 0 Å². The van der Waals surface area contributed by atoms with Gasteiger partial charge in [-0.2, -0.15) is 0 Å². The molecule has 0 bridgehead atoms. The van der Waals surface area contributed by atoms with Gasteiger partial charge in [-0.1, -0.05) is 12.8 Å². The van der Waals surface area contributed by atoms with E-state index in [-0.39, 0.29) is 11.2 Å². The zero-order chi connectivity index (χ0) is 13.3. The van der Waals surface area contributed by atoms with Crippen molar-refractivity contribution in [3.05, 3.63) is 29.6 Å². The molecule has 3 rings (SSSR count). The highest BCUT2D eigenvalue weighted by molar-refractivity contribution is 5.41. The minimum absolute atomic E-state index is 0.0683. The van der Waals surface area contributed by atoms with Gasteiger partial charge in [0.1, 0.15) is 11.6 Å². The Hall–Kier alpha value is -1.09. The average molecular weight is 263 g/mol. The van der Waals surface area contributed by atoms with Crippen molar-refractivity contribution < 1.29 is 9.13 Å². The molecule has 0 aliphatic heterocycles. The van der Waals surface area contributed by atoms with Gasteiger partial charge in [0.05, 0.1) is 6.10 Å². The molecule has 0 atom stereocenters. The monoisotopic (exact) mass is 263 g/mol. The Morgan fingerprint density at radius 2 is 1.95 bits per heavy atom. The van der Waals surface area contributed by atoms with E-state index in [2.05, 4.69) is 0 Å². The minimum Gasteiger partial charge on any atom is -0.490 e. The van der Waals surface area contributed by atoms with E-state index in [4.69, 9.17) is 10.5 Å². The molecule has 1 aromatic rings. The average Bonchev–Trinajstić information content (AvgIpc) is 2.85. The van der Waals surface area contributed by atoms with Gasteiger partial charge < -0.3 is 10.5 Å². The van der Waals surface area contributed by atoms with Gasteiger partial charge in [0, 0.05) is 17.5 Å². The lowest BCUT2D eigenvalue weighted by Crippen LogP contribution is -2.34. The summed E-state index contributed by atoms with van der Waals surface area (Å²) in [6.45, 7) is 0.581. The zero-order valence-corrected chi connectivity index (χ0v) is 11.3. The molecule has 2 saturated carbocycles. The molecular weight excluding hydrogens is 241 g/mol. The molecule has 0 amide bonds. The molecular formula is C16H22FNO. The standard InChI is InChI=1S/C16H22FNO/c17-12-6-7-15(19-13-4-3-5-13)14(10-12)16(11-18)8-1-2-9-16/h6-7,10,13H,1-5,8-9,11,18H2. The summed E-state index contributed by atoms with van der Waals surface area (Å²) in [6.07, 6.45) is 8.25. The summed E-state index contributed by atoms with van der Waals surface area (Å²) < 4.78 is 19.7. The van der Waals surface area contributed by atoms with Crippen LogP contribution in [0.2, 0.25) is 0 Å². The largest absolute Gasteiger partial charge is 0.490 e. The molecule has 0 saturated heterocycles. The summed E-state index contributed by atoms with van der Waals surface area (Å²) in [7, 11) is 0. The van der Waals surface area contributed by atoms with Crippen molar-refractivity contribution >= 4 is 0 Å². The van der Waals surface area contributed by atoms with Crippen LogP contribution < -0.4 is 10.5 Å². The second-order valence-electron chi connectivity index (χ2n) is 6.00.